The van der Waals surface area contributed by atoms with Crippen molar-refractivity contribution in [1.29, 1.82) is 0 Å². The smallest absolute Gasteiger partial charge is 0.313 e. The van der Waals surface area contributed by atoms with E-state index in [4.69, 9.17) is 0 Å². The molecule has 0 bridgehead atoms. The molecule has 2 N–H and O–H groups in total. The molecule has 2 heterocycles. The molecule has 6 nitrogen and oxygen atoms in total. The van der Waals surface area contributed by atoms with Crippen LogP contribution in [0.2, 0.25) is 0 Å². The normalized spacial score (nSPS) is 12.0. The minimum Gasteiger partial charge on any atom is -0.340 e. The lowest BCUT2D eigenvalue weighted by Gasteiger charge is -2.20. The Morgan fingerprint density at radius 3 is 2.67 bits per heavy atom. The molecule has 1 aromatic carbocycles. The SMILES string of the molecule is CC(C)[C@@H](NC(=O)C(=O)Nc1cccc(Cn2cccn2)c1)c1cccs1. The van der Waals surface area contributed by atoms with Crippen LogP contribution in [0.4, 0.5) is 5.69 Å². The summed E-state index contributed by atoms with van der Waals surface area (Å²) in [5, 5.41) is 11.6. The third-order valence-corrected chi connectivity index (χ3v) is 5.05. The summed E-state index contributed by atoms with van der Waals surface area (Å²) in [6.45, 7) is 4.62. The highest BCUT2D eigenvalue weighted by Gasteiger charge is 2.23. The Balaban J connectivity index is 1.63. The maximum Gasteiger partial charge on any atom is 0.313 e. The summed E-state index contributed by atoms with van der Waals surface area (Å²) in [5.41, 5.74) is 1.56. The highest BCUT2D eigenvalue weighted by atomic mass is 32.1. The molecule has 0 aliphatic carbocycles. The van der Waals surface area contributed by atoms with Gasteiger partial charge < -0.3 is 10.6 Å². The fraction of sp³-hybridized carbons (Fsp3) is 0.250. The van der Waals surface area contributed by atoms with E-state index >= 15 is 0 Å². The summed E-state index contributed by atoms with van der Waals surface area (Å²) in [7, 11) is 0. The number of anilines is 1. The summed E-state index contributed by atoms with van der Waals surface area (Å²) in [6.07, 6.45) is 3.59. The Labute approximate surface area is 162 Å². The van der Waals surface area contributed by atoms with Crippen molar-refractivity contribution in [3.05, 3.63) is 70.7 Å². The van der Waals surface area contributed by atoms with Crippen LogP contribution in [-0.4, -0.2) is 21.6 Å². The van der Waals surface area contributed by atoms with Gasteiger partial charge in [0.25, 0.3) is 0 Å². The van der Waals surface area contributed by atoms with Crippen molar-refractivity contribution >= 4 is 28.8 Å². The second-order valence-electron chi connectivity index (χ2n) is 6.57. The number of aromatic nitrogens is 2. The van der Waals surface area contributed by atoms with Crippen molar-refractivity contribution in [1.82, 2.24) is 15.1 Å². The molecule has 0 radical (unpaired) electrons. The average Bonchev–Trinajstić information content (AvgIpc) is 3.33. The lowest BCUT2D eigenvalue weighted by Crippen LogP contribution is -2.39. The second kappa shape index (κ2) is 8.64. The highest BCUT2D eigenvalue weighted by molar-refractivity contribution is 7.10. The van der Waals surface area contributed by atoms with Crippen molar-refractivity contribution in [2.75, 3.05) is 5.32 Å². The van der Waals surface area contributed by atoms with E-state index in [1.165, 1.54) is 0 Å². The number of nitrogens with zero attached hydrogens (tertiary/aromatic N) is 2. The van der Waals surface area contributed by atoms with Gasteiger partial charge in [-0.05, 0) is 41.1 Å². The molecule has 0 fully saturated rings. The predicted octanol–water partition coefficient (Wildman–Crippen LogP) is 3.44. The van der Waals surface area contributed by atoms with Crippen LogP contribution in [0.25, 0.3) is 0 Å². The number of amides is 2. The first kappa shape index (κ1) is 18.8. The van der Waals surface area contributed by atoms with Gasteiger partial charge in [0, 0.05) is 23.0 Å². The molecule has 27 heavy (non-hydrogen) atoms. The van der Waals surface area contributed by atoms with Gasteiger partial charge in [-0.25, -0.2) is 0 Å². The van der Waals surface area contributed by atoms with E-state index in [0.29, 0.717) is 12.2 Å². The number of carbonyl (C=O) groups excluding carboxylic acids is 2. The van der Waals surface area contributed by atoms with Crippen LogP contribution < -0.4 is 10.6 Å². The maximum absolute atomic E-state index is 12.4. The third-order valence-electron chi connectivity index (χ3n) is 4.10. The lowest BCUT2D eigenvalue weighted by atomic mass is 10.0. The number of hydrogen-bond acceptors (Lipinski definition) is 4. The summed E-state index contributed by atoms with van der Waals surface area (Å²) >= 11 is 1.57. The number of hydrogen-bond donors (Lipinski definition) is 2. The number of thiophene rings is 1. The van der Waals surface area contributed by atoms with Gasteiger partial charge in [-0.1, -0.05) is 32.0 Å². The van der Waals surface area contributed by atoms with Crippen molar-refractivity contribution in [3.8, 4) is 0 Å². The van der Waals surface area contributed by atoms with E-state index in [1.807, 2.05) is 61.8 Å². The molecule has 0 spiro atoms. The second-order valence-corrected chi connectivity index (χ2v) is 7.55. The van der Waals surface area contributed by atoms with Gasteiger partial charge in [0.2, 0.25) is 0 Å². The molecule has 3 aromatic rings. The van der Waals surface area contributed by atoms with Crippen LogP contribution in [0.15, 0.2) is 60.2 Å². The quantitative estimate of drug-likeness (QED) is 0.641. The first-order valence-corrected chi connectivity index (χ1v) is 9.62. The van der Waals surface area contributed by atoms with Crippen molar-refractivity contribution < 1.29 is 9.59 Å². The molecule has 0 unspecified atom stereocenters. The van der Waals surface area contributed by atoms with Crippen molar-refractivity contribution in [3.63, 3.8) is 0 Å². The summed E-state index contributed by atoms with van der Waals surface area (Å²) in [4.78, 5) is 25.7. The predicted molar refractivity (Wildman–Crippen MR) is 106 cm³/mol. The molecule has 0 saturated carbocycles. The zero-order valence-corrected chi connectivity index (χ0v) is 16.1. The van der Waals surface area contributed by atoms with Crippen LogP contribution in [0, 0.1) is 5.92 Å². The third kappa shape index (κ3) is 5.04. The molecule has 2 aromatic heterocycles. The Morgan fingerprint density at radius 1 is 1.15 bits per heavy atom. The molecule has 0 aliphatic rings. The largest absolute Gasteiger partial charge is 0.340 e. The molecule has 0 saturated heterocycles. The van der Waals surface area contributed by atoms with E-state index in [1.54, 1.807) is 28.3 Å². The molecule has 140 valence electrons. The summed E-state index contributed by atoms with van der Waals surface area (Å²) < 4.78 is 1.79. The van der Waals surface area contributed by atoms with Crippen LogP contribution in [-0.2, 0) is 16.1 Å². The Morgan fingerprint density at radius 2 is 2.00 bits per heavy atom. The molecule has 1 atom stereocenters. The fourth-order valence-corrected chi connectivity index (χ4v) is 3.71. The Hall–Kier alpha value is -2.93. The zero-order valence-electron chi connectivity index (χ0n) is 15.3. The van der Waals surface area contributed by atoms with Gasteiger partial charge in [0.05, 0.1) is 12.6 Å². The van der Waals surface area contributed by atoms with Gasteiger partial charge in [0.15, 0.2) is 0 Å². The molecule has 3 rings (SSSR count). The monoisotopic (exact) mass is 382 g/mol. The minimum absolute atomic E-state index is 0.179. The van der Waals surface area contributed by atoms with Crippen LogP contribution in [0.1, 0.15) is 30.3 Å². The minimum atomic E-state index is -0.673. The topological polar surface area (TPSA) is 76.0 Å². The van der Waals surface area contributed by atoms with Gasteiger partial charge in [-0.2, -0.15) is 5.10 Å². The summed E-state index contributed by atoms with van der Waals surface area (Å²) in [6, 6.07) is 13.0. The molecular weight excluding hydrogens is 360 g/mol. The highest BCUT2D eigenvalue weighted by Crippen LogP contribution is 2.25. The lowest BCUT2D eigenvalue weighted by molar-refractivity contribution is -0.136. The number of nitrogens with one attached hydrogen (secondary N) is 2. The Kier molecular flexibility index (Phi) is 6.03. The first-order chi connectivity index (χ1) is 13.0. The van der Waals surface area contributed by atoms with Crippen LogP contribution in [0.3, 0.4) is 0 Å². The van der Waals surface area contributed by atoms with Gasteiger partial charge in [-0.15, -0.1) is 11.3 Å². The Bertz CT molecular complexity index is 889. The van der Waals surface area contributed by atoms with E-state index in [0.717, 1.165) is 10.4 Å². The van der Waals surface area contributed by atoms with E-state index in [-0.39, 0.29) is 12.0 Å². The van der Waals surface area contributed by atoms with E-state index in [9.17, 15) is 9.59 Å². The summed E-state index contributed by atoms with van der Waals surface area (Å²) in [5.74, 6) is -1.13. The first-order valence-electron chi connectivity index (χ1n) is 8.74. The van der Waals surface area contributed by atoms with Crippen LogP contribution >= 0.6 is 11.3 Å². The van der Waals surface area contributed by atoms with Gasteiger partial charge in [-0.3, -0.25) is 14.3 Å². The van der Waals surface area contributed by atoms with Gasteiger partial charge >= 0.3 is 11.8 Å². The molecule has 7 heteroatoms. The van der Waals surface area contributed by atoms with Crippen molar-refractivity contribution in [2.45, 2.75) is 26.4 Å². The van der Waals surface area contributed by atoms with Crippen LogP contribution in [0.5, 0.6) is 0 Å². The molecular formula is C20H22N4O2S. The average molecular weight is 382 g/mol. The van der Waals surface area contributed by atoms with E-state index in [2.05, 4.69) is 15.7 Å². The maximum atomic E-state index is 12.4. The number of benzene rings is 1. The number of rotatable bonds is 6. The molecule has 2 amide bonds. The number of carbonyl (C=O) groups is 2. The van der Waals surface area contributed by atoms with Crippen molar-refractivity contribution in [2.24, 2.45) is 5.92 Å². The standard InChI is InChI=1S/C20H22N4O2S/c1-14(2)18(17-8-4-11-27-17)23-20(26)19(25)22-16-7-3-6-15(12-16)13-24-10-5-9-21-24/h3-12,14,18H,13H2,1-2H3,(H,22,25)(H,23,26)/t18-/m1/s1. The zero-order chi connectivity index (χ0) is 19.2. The molecule has 0 aliphatic heterocycles. The van der Waals surface area contributed by atoms with E-state index < -0.39 is 11.8 Å². The van der Waals surface area contributed by atoms with Gasteiger partial charge in [0.1, 0.15) is 0 Å². The fourth-order valence-electron chi connectivity index (χ4n) is 2.76.